The van der Waals surface area contributed by atoms with E-state index in [4.69, 9.17) is 0 Å². The van der Waals surface area contributed by atoms with E-state index in [9.17, 15) is 14.4 Å². The summed E-state index contributed by atoms with van der Waals surface area (Å²) in [6.45, 7) is 3.14. The summed E-state index contributed by atoms with van der Waals surface area (Å²) in [6, 6.07) is 8.05. The fraction of sp³-hybridized carbons (Fsp3) is 0.133. The molecule has 0 saturated heterocycles. The molecule has 1 aromatic carbocycles. The predicted octanol–water partition coefficient (Wildman–Crippen LogP) is 1.89. The molecule has 3 N–H and O–H groups in total. The zero-order valence-corrected chi connectivity index (χ0v) is 11.7. The van der Waals surface area contributed by atoms with Gasteiger partial charge in [0.15, 0.2) is 5.43 Å². The number of rotatable bonds is 3. The van der Waals surface area contributed by atoms with E-state index >= 15 is 0 Å². The number of carbonyl (C=O) groups is 2. The first-order chi connectivity index (χ1) is 9.95. The molecule has 0 bridgehead atoms. The van der Waals surface area contributed by atoms with Crippen molar-refractivity contribution in [3.8, 4) is 0 Å². The molecule has 0 aliphatic heterocycles. The van der Waals surface area contributed by atoms with Crippen molar-refractivity contribution in [1.29, 1.82) is 0 Å². The third-order valence-corrected chi connectivity index (χ3v) is 2.74. The largest absolute Gasteiger partial charge is 0.364 e. The number of benzene rings is 1. The maximum absolute atomic E-state index is 12.1. The molecule has 0 unspecified atom stereocenters. The lowest BCUT2D eigenvalue weighted by Gasteiger charge is -2.07. The van der Waals surface area contributed by atoms with Crippen LogP contribution in [-0.4, -0.2) is 16.8 Å². The van der Waals surface area contributed by atoms with E-state index in [1.165, 1.54) is 19.2 Å². The number of hydrogen-bond donors (Lipinski definition) is 3. The maximum Gasteiger partial charge on any atom is 0.261 e. The van der Waals surface area contributed by atoms with Crippen LogP contribution in [0.5, 0.6) is 0 Å². The van der Waals surface area contributed by atoms with Crippen molar-refractivity contribution in [2.75, 3.05) is 10.6 Å². The number of hydrogen-bond acceptors (Lipinski definition) is 3. The molecule has 2 rings (SSSR count). The van der Waals surface area contributed by atoms with Gasteiger partial charge < -0.3 is 15.6 Å². The van der Waals surface area contributed by atoms with Gasteiger partial charge in [0.2, 0.25) is 5.91 Å². The van der Waals surface area contributed by atoms with E-state index in [2.05, 4.69) is 15.6 Å². The number of carbonyl (C=O) groups excluding carboxylic acids is 2. The summed E-state index contributed by atoms with van der Waals surface area (Å²) in [7, 11) is 0. The van der Waals surface area contributed by atoms with Gasteiger partial charge in [-0.05, 0) is 25.1 Å². The Morgan fingerprint density at radius 1 is 1.10 bits per heavy atom. The second-order valence-corrected chi connectivity index (χ2v) is 4.61. The average Bonchev–Trinajstić information content (AvgIpc) is 2.37. The standard InChI is InChI=1S/C15H15N3O3/c1-9-6-14(20)13(8-16-9)15(21)18-12-5-3-4-11(7-12)17-10(2)19/h3-8H,1-2H3,(H,16,20)(H,17,19)(H,18,21). The Morgan fingerprint density at radius 3 is 2.38 bits per heavy atom. The summed E-state index contributed by atoms with van der Waals surface area (Å²) in [6.07, 6.45) is 1.38. The smallest absolute Gasteiger partial charge is 0.261 e. The minimum atomic E-state index is -0.503. The van der Waals surface area contributed by atoms with Gasteiger partial charge in [-0.1, -0.05) is 6.07 Å². The highest BCUT2D eigenvalue weighted by Crippen LogP contribution is 2.15. The van der Waals surface area contributed by atoms with Crippen molar-refractivity contribution in [3.63, 3.8) is 0 Å². The number of H-pyrrole nitrogens is 1. The highest BCUT2D eigenvalue weighted by Gasteiger charge is 2.10. The molecule has 0 saturated carbocycles. The van der Waals surface area contributed by atoms with Crippen molar-refractivity contribution in [2.24, 2.45) is 0 Å². The Balaban J connectivity index is 2.19. The number of anilines is 2. The molecule has 1 aromatic heterocycles. The van der Waals surface area contributed by atoms with Crippen LogP contribution in [0.15, 0.2) is 41.3 Å². The van der Waals surface area contributed by atoms with Gasteiger partial charge in [0.1, 0.15) is 5.56 Å². The zero-order valence-electron chi connectivity index (χ0n) is 11.7. The van der Waals surface area contributed by atoms with Crippen LogP contribution < -0.4 is 16.1 Å². The molecule has 2 aromatic rings. The molecule has 21 heavy (non-hydrogen) atoms. The van der Waals surface area contributed by atoms with Gasteiger partial charge in [-0.25, -0.2) is 0 Å². The van der Waals surface area contributed by atoms with Crippen LogP contribution in [0.1, 0.15) is 23.0 Å². The molecule has 0 aliphatic rings. The van der Waals surface area contributed by atoms with Crippen molar-refractivity contribution in [2.45, 2.75) is 13.8 Å². The highest BCUT2D eigenvalue weighted by atomic mass is 16.2. The number of pyridine rings is 1. The van der Waals surface area contributed by atoms with Gasteiger partial charge >= 0.3 is 0 Å². The van der Waals surface area contributed by atoms with Gasteiger partial charge in [-0.2, -0.15) is 0 Å². The van der Waals surface area contributed by atoms with E-state index in [-0.39, 0.29) is 16.9 Å². The number of nitrogens with one attached hydrogen (secondary N) is 3. The molecule has 0 aliphatic carbocycles. The molecule has 0 fully saturated rings. The summed E-state index contributed by atoms with van der Waals surface area (Å²) in [4.78, 5) is 37.6. The summed E-state index contributed by atoms with van der Waals surface area (Å²) in [5.41, 5.74) is 1.43. The van der Waals surface area contributed by atoms with Crippen molar-refractivity contribution in [1.82, 2.24) is 4.98 Å². The monoisotopic (exact) mass is 285 g/mol. The number of aromatic amines is 1. The molecule has 108 valence electrons. The van der Waals surface area contributed by atoms with E-state index < -0.39 is 5.91 Å². The van der Waals surface area contributed by atoms with E-state index in [1.807, 2.05) is 0 Å². The molecule has 1 heterocycles. The Labute approximate surface area is 121 Å². The predicted molar refractivity (Wildman–Crippen MR) is 80.5 cm³/mol. The van der Waals surface area contributed by atoms with Crippen molar-refractivity contribution < 1.29 is 9.59 Å². The number of aryl methyl sites for hydroxylation is 1. The fourth-order valence-electron chi connectivity index (χ4n) is 1.83. The Kier molecular flexibility index (Phi) is 4.18. The van der Waals surface area contributed by atoms with Gasteiger partial charge in [-0.15, -0.1) is 0 Å². The molecular weight excluding hydrogens is 270 g/mol. The van der Waals surface area contributed by atoms with Crippen LogP contribution in [0.25, 0.3) is 0 Å². The van der Waals surface area contributed by atoms with Gasteiger partial charge in [0.05, 0.1) is 0 Å². The van der Waals surface area contributed by atoms with Crippen molar-refractivity contribution in [3.05, 3.63) is 58.0 Å². The second kappa shape index (κ2) is 6.04. The fourth-order valence-corrected chi connectivity index (χ4v) is 1.83. The SMILES string of the molecule is CC(=O)Nc1cccc(NC(=O)c2c[nH]c(C)cc2=O)c1. The van der Waals surface area contributed by atoms with E-state index in [0.29, 0.717) is 17.1 Å². The highest BCUT2D eigenvalue weighted by molar-refractivity contribution is 6.04. The quantitative estimate of drug-likeness (QED) is 0.804. The first-order valence-electron chi connectivity index (χ1n) is 6.34. The summed E-state index contributed by atoms with van der Waals surface area (Å²) in [5.74, 6) is -0.704. The maximum atomic E-state index is 12.1. The zero-order chi connectivity index (χ0) is 15.4. The van der Waals surface area contributed by atoms with Crippen LogP contribution in [0.3, 0.4) is 0 Å². The average molecular weight is 285 g/mol. The first-order valence-corrected chi connectivity index (χ1v) is 6.34. The van der Waals surface area contributed by atoms with Crippen LogP contribution >= 0.6 is 0 Å². The Morgan fingerprint density at radius 2 is 1.76 bits per heavy atom. The molecule has 0 atom stereocenters. The minimum absolute atomic E-state index is 0.0329. The lowest BCUT2D eigenvalue weighted by atomic mass is 10.2. The number of aromatic nitrogens is 1. The Hall–Kier alpha value is -2.89. The van der Waals surface area contributed by atoms with Crippen LogP contribution in [0.4, 0.5) is 11.4 Å². The van der Waals surface area contributed by atoms with Gasteiger partial charge in [0.25, 0.3) is 5.91 Å². The lowest BCUT2D eigenvalue weighted by Crippen LogP contribution is -2.21. The minimum Gasteiger partial charge on any atom is -0.364 e. The number of amides is 2. The third kappa shape index (κ3) is 3.79. The molecule has 0 spiro atoms. The van der Waals surface area contributed by atoms with Crippen LogP contribution in [0.2, 0.25) is 0 Å². The van der Waals surface area contributed by atoms with E-state index in [1.54, 1.807) is 31.2 Å². The first kappa shape index (κ1) is 14.5. The molecule has 6 heteroatoms. The van der Waals surface area contributed by atoms with Gasteiger partial charge in [0, 0.05) is 36.3 Å². The van der Waals surface area contributed by atoms with E-state index in [0.717, 1.165) is 0 Å². The normalized spacial score (nSPS) is 10.0. The third-order valence-electron chi connectivity index (χ3n) is 2.74. The summed E-state index contributed by atoms with van der Waals surface area (Å²) >= 11 is 0. The lowest BCUT2D eigenvalue weighted by molar-refractivity contribution is -0.114. The Bertz CT molecular complexity index is 750. The topological polar surface area (TPSA) is 91.1 Å². The molecule has 6 nitrogen and oxygen atoms in total. The van der Waals surface area contributed by atoms with Crippen LogP contribution in [-0.2, 0) is 4.79 Å². The second-order valence-electron chi connectivity index (χ2n) is 4.61. The van der Waals surface area contributed by atoms with Crippen molar-refractivity contribution >= 4 is 23.2 Å². The summed E-state index contributed by atoms with van der Waals surface area (Å²) in [5, 5.41) is 5.24. The van der Waals surface area contributed by atoms with Crippen LogP contribution in [0, 0.1) is 6.92 Å². The molecule has 2 amide bonds. The van der Waals surface area contributed by atoms with Gasteiger partial charge in [-0.3, -0.25) is 14.4 Å². The summed E-state index contributed by atoms with van der Waals surface area (Å²) < 4.78 is 0. The molecule has 0 radical (unpaired) electrons. The molecular formula is C15H15N3O3.